The molecule has 0 aliphatic heterocycles. The van der Waals surface area contributed by atoms with Gasteiger partial charge in [0.25, 0.3) is 5.78 Å². The van der Waals surface area contributed by atoms with Crippen molar-refractivity contribution in [1.82, 2.24) is 5.32 Å². The predicted molar refractivity (Wildman–Crippen MR) is 170 cm³/mol. The number of nitrogens with one attached hydrogen (secondary N) is 1. The summed E-state index contributed by atoms with van der Waals surface area (Å²) in [5.74, 6) is -2.66. The van der Waals surface area contributed by atoms with Crippen LogP contribution >= 0.6 is 0 Å². The van der Waals surface area contributed by atoms with E-state index in [-0.39, 0.29) is 12.5 Å². The zero-order valence-electron chi connectivity index (χ0n) is 24.1. The zero-order chi connectivity index (χ0) is 30.5. The van der Waals surface area contributed by atoms with Gasteiger partial charge in [-0.2, -0.15) is 0 Å². The Labute approximate surface area is 256 Å². The number of amides is 1. The van der Waals surface area contributed by atoms with E-state index in [0.717, 1.165) is 38.9 Å². The van der Waals surface area contributed by atoms with Crippen molar-refractivity contribution in [2.24, 2.45) is 5.73 Å². The van der Waals surface area contributed by atoms with Crippen LogP contribution in [-0.2, 0) is 24.7 Å². The lowest BCUT2D eigenvalue weighted by atomic mass is 9.77. The molecule has 0 aromatic heterocycles. The summed E-state index contributed by atoms with van der Waals surface area (Å²) in [5.41, 5.74) is 11.9. The Morgan fingerprint density at radius 1 is 0.636 bits per heavy atom. The molecular weight excluding hydrogens is 548 g/mol. The molecule has 0 unspecified atom stereocenters. The van der Waals surface area contributed by atoms with Gasteiger partial charge in [-0.3, -0.25) is 9.59 Å². The summed E-state index contributed by atoms with van der Waals surface area (Å²) >= 11 is 0. The van der Waals surface area contributed by atoms with Crippen LogP contribution in [0.1, 0.15) is 40.2 Å². The van der Waals surface area contributed by atoms with Gasteiger partial charge in [0.15, 0.2) is 0 Å². The van der Waals surface area contributed by atoms with Crippen molar-refractivity contribution in [1.29, 1.82) is 0 Å². The highest BCUT2D eigenvalue weighted by Gasteiger charge is 2.39. The molecule has 0 fully saturated rings. The van der Waals surface area contributed by atoms with Crippen LogP contribution < -0.4 is 11.1 Å². The van der Waals surface area contributed by atoms with Gasteiger partial charge in [0.1, 0.15) is 12.1 Å². The second-order valence-electron chi connectivity index (χ2n) is 10.9. The van der Waals surface area contributed by atoms with Gasteiger partial charge in [0.2, 0.25) is 5.91 Å². The normalized spacial score (nSPS) is 12.9. The number of ketones is 1. The SMILES string of the molecule is N[C@@H](CC(=O)NC(c1ccccc1)(c1ccccc1)c1ccccc1)C(=O)C(=O)OCC1c2ccccc2-c2ccccc21. The minimum absolute atomic E-state index is 0.00332. The molecule has 1 atom stereocenters. The fourth-order valence-electron chi connectivity index (χ4n) is 6.15. The number of ether oxygens (including phenoxy) is 1. The van der Waals surface area contributed by atoms with Gasteiger partial charge in [0, 0.05) is 12.3 Å². The topological polar surface area (TPSA) is 98.5 Å². The van der Waals surface area contributed by atoms with E-state index in [9.17, 15) is 14.4 Å². The quantitative estimate of drug-likeness (QED) is 0.125. The van der Waals surface area contributed by atoms with Crippen LogP contribution in [0.2, 0.25) is 0 Å². The summed E-state index contributed by atoms with van der Waals surface area (Å²) < 4.78 is 5.51. The molecular formula is C38H32N2O4. The third-order valence-electron chi connectivity index (χ3n) is 8.23. The molecule has 1 aliphatic rings. The van der Waals surface area contributed by atoms with Gasteiger partial charge in [-0.05, 0) is 38.9 Å². The number of hydrogen-bond donors (Lipinski definition) is 2. The van der Waals surface area contributed by atoms with E-state index in [1.54, 1.807) is 0 Å². The number of carbonyl (C=O) groups excluding carboxylic acids is 3. The summed E-state index contributed by atoms with van der Waals surface area (Å²) in [4.78, 5) is 39.6. The Morgan fingerprint density at radius 2 is 1.05 bits per heavy atom. The Kier molecular flexibility index (Phi) is 8.17. The average Bonchev–Trinajstić information content (AvgIpc) is 3.40. The molecule has 0 bridgehead atoms. The van der Waals surface area contributed by atoms with Gasteiger partial charge < -0.3 is 15.8 Å². The molecule has 6 nitrogen and oxygen atoms in total. The maximum Gasteiger partial charge on any atom is 0.376 e. The third kappa shape index (κ3) is 5.43. The van der Waals surface area contributed by atoms with Gasteiger partial charge in [0.05, 0.1) is 6.04 Å². The second kappa shape index (κ2) is 12.5. The highest BCUT2D eigenvalue weighted by molar-refractivity contribution is 6.36. The van der Waals surface area contributed by atoms with E-state index >= 15 is 0 Å². The third-order valence-corrected chi connectivity index (χ3v) is 8.23. The highest BCUT2D eigenvalue weighted by Crippen LogP contribution is 2.44. The maximum atomic E-state index is 13.7. The lowest BCUT2D eigenvalue weighted by Gasteiger charge is -2.37. The van der Waals surface area contributed by atoms with Gasteiger partial charge >= 0.3 is 5.97 Å². The van der Waals surface area contributed by atoms with E-state index in [1.807, 2.05) is 140 Å². The Hall–Kier alpha value is -5.33. The molecule has 0 spiro atoms. The fourth-order valence-corrected chi connectivity index (χ4v) is 6.15. The molecule has 3 N–H and O–H groups in total. The molecule has 218 valence electrons. The molecule has 6 heteroatoms. The van der Waals surface area contributed by atoms with Crippen molar-refractivity contribution in [3.63, 3.8) is 0 Å². The fraction of sp³-hybridized carbons (Fsp3) is 0.132. The molecule has 0 saturated carbocycles. The standard InChI is InChI=1S/C38H32N2O4/c39-34(36(42)37(43)44-25-33-31-22-12-10-20-29(31)30-21-11-13-23-32(30)33)24-35(41)40-38(26-14-4-1-5-15-26,27-16-6-2-7-17-27)28-18-8-3-9-19-28/h1-23,33-34H,24-25,39H2,(H,40,41)/t34-/m0/s1. The molecule has 5 aromatic carbocycles. The van der Waals surface area contributed by atoms with Crippen molar-refractivity contribution in [2.45, 2.75) is 23.9 Å². The van der Waals surface area contributed by atoms with E-state index in [0.29, 0.717) is 0 Å². The second-order valence-corrected chi connectivity index (χ2v) is 10.9. The predicted octanol–water partition coefficient (Wildman–Crippen LogP) is 5.74. The number of nitrogens with two attached hydrogens (primary N) is 1. The first-order valence-electron chi connectivity index (χ1n) is 14.6. The van der Waals surface area contributed by atoms with Crippen LogP contribution in [-0.4, -0.2) is 30.3 Å². The largest absolute Gasteiger partial charge is 0.459 e. The van der Waals surface area contributed by atoms with Crippen molar-refractivity contribution in [3.05, 3.63) is 167 Å². The van der Waals surface area contributed by atoms with E-state index in [2.05, 4.69) is 5.32 Å². The van der Waals surface area contributed by atoms with Crippen LogP contribution in [0.5, 0.6) is 0 Å². The number of esters is 1. The van der Waals surface area contributed by atoms with Crippen molar-refractivity contribution in [3.8, 4) is 11.1 Å². The number of rotatable bonds is 10. The first kappa shape index (κ1) is 28.8. The van der Waals surface area contributed by atoms with Crippen LogP contribution in [0.4, 0.5) is 0 Å². The summed E-state index contributed by atoms with van der Waals surface area (Å²) in [6.07, 6.45) is -0.392. The zero-order valence-corrected chi connectivity index (χ0v) is 24.1. The molecule has 0 heterocycles. The Balaban J connectivity index is 1.19. The molecule has 6 rings (SSSR count). The van der Waals surface area contributed by atoms with Crippen molar-refractivity contribution in [2.75, 3.05) is 6.61 Å². The Bertz CT molecular complexity index is 1650. The number of benzene rings is 5. The minimum atomic E-state index is -1.37. The molecule has 44 heavy (non-hydrogen) atoms. The highest BCUT2D eigenvalue weighted by atomic mass is 16.5. The van der Waals surface area contributed by atoms with Crippen molar-refractivity contribution < 1.29 is 19.1 Å². The molecule has 1 aliphatic carbocycles. The van der Waals surface area contributed by atoms with E-state index < -0.39 is 35.7 Å². The lowest BCUT2D eigenvalue weighted by molar-refractivity contribution is -0.154. The van der Waals surface area contributed by atoms with Gasteiger partial charge in [-0.1, -0.05) is 140 Å². The maximum absolute atomic E-state index is 13.7. The first-order valence-corrected chi connectivity index (χ1v) is 14.6. The molecule has 0 radical (unpaired) electrons. The van der Waals surface area contributed by atoms with Gasteiger partial charge in [-0.15, -0.1) is 0 Å². The minimum Gasteiger partial charge on any atom is -0.459 e. The number of hydrogen-bond acceptors (Lipinski definition) is 5. The molecule has 5 aromatic rings. The summed E-state index contributed by atoms with van der Waals surface area (Å²) in [7, 11) is 0. The van der Waals surface area contributed by atoms with Crippen LogP contribution in [0.25, 0.3) is 11.1 Å². The number of carbonyl (C=O) groups is 3. The number of Topliss-reactive ketones (excluding diaryl/α,β-unsaturated/α-hetero) is 1. The van der Waals surface area contributed by atoms with Crippen LogP contribution in [0, 0.1) is 0 Å². The lowest BCUT2D eigenvalue weighted by Crippen LogP contribution is -2.50. The summed E-state index contributed by atoms with van der Waals surface area (Å²) in [6.45, 7) is -0.00332. The molecule has 0 saturated heterocycles. The van der Waals surface area contributed by atoms with Crippen LogP contribution in [0.3, 0.4) is 0 Å². The number of fused-ring (bicyclic) bond motifs is 3. The smallest absolute Gasteiger partial charge is 0.376 e. The monoisotopic (exact) mass is 580 g/mol. The van der Waals surface area contributed by atoms with Gasteiger partial charge in [-0.25, -0.2) is 4.79 Å². The summed E-state index contributed by atoms with van der Waals surface area (Å²) in [5, 5.41) is 3.18. The van der Waals surface area contributed by atoms with Crippen molar-refractivity contribution >= 4 is 17.7 Å². The first-order chi connectivity index (χ1) is 21.5. The Morgan fingerprint density at radius 3 is 1.50 bits per heavy atom. The van der Waals surface area contributed by atoms with Crippen LogP contribution in [0.15, 0.2) is 140 Å². The van der Waals surface area contributed by atoms with E-state index in [4.69, 9.17) is 10.5 Å². The molecule has 1 amide bonds. The van der Waals surface area contributed by atoms with E-state index in [1.165, 1.54) is 0 Å². The summed E-state index contributed by atoms with van der Waals surface area (Å²) in [6, 6.07) is 43.4. The average molecular weight is 581 g/mol.